The highest BCUT2D eigenvalue weighted by atomic mass is 19.1. The Balaban J connectivity index is 2.01. The van der Waals surface area contributed by atoms with E-state index in [0.29, 0.717) is 5.69 Å². The Morgan fingerprint density at radius 3 is 2.74 bits per heavy atom. The van der Waals surface area contributed by atoms with Crippen LogP contribution < -0.4 is 11.1 Å². The molecule has 4 nitrogen and oxygen atoms in total. The third kappa shape index (κ3) is 3.16. The number of hydrogen-bond acceptors (Lipinski definition) is 3. The molecule has 1 unspecified atom stereocenters. The van der Waals surface area contributed by atoms with E-state index in [4.69, 9.17) is 5.73 Å². The van der Waals surface area contributed by atoms with E-state index in [1.54, 1.807) is 19.1 Å². The van der Waals surface area contributed by atoms with E-state index < -0.39 is 11.9 Å². The molecule has 1 aliphatic heterocycles. The van der Waals surface area contributed by atoms with Crippen LogP contribution in [-0.2, 0) is 4.79 Å². The lowest BCUT2D eigenvalue weighted by Crippen LogP contribution is -2.44. The van der Waals surface area contributed by atoms with Gasteiger partial charge in [0.1, 0.15) is 11.9 Å². The highest BCUT2D eigenvalue weighted by Crippen LogP contribution is 2.22. The quantitative estimate of drug-likeness (QED) is 0.824. The molecule has 1 fully saturated rings. The summed E-state index contributed by atoms with van der Waals surface area (Å²) < 4.78 is 13.3. The minimum Gasteiger partial charge on any atom is -0.395 e. The van der Waals surface area contributed by atoms with Crippen molar-refractivity contribution in [1.82, 2.24) is 4.90 Å². The highest BCUT2D eigenvalue weighted by Gasteiger charge is 2.22. The molecule has 1 aromatic rings. The number of nitrogens with one attached hydrogen (secondary N) is 1. The summed E-state index contributed by atoms with van der Waals surface area (Å²) in [6, 6.07) is 4.16. The summed E-state index contributed by atoms with van der Waals surface area (Å²) in [5, 5.41) is 2.99. The molecule has 1 amide bonds. The van der Waals surface area contributed by atoms with Gasteiger partial charge in [0.2, 0.25) is 5.91 Å². The summed E-state index contributed by atoms with van der Waals surface area (Å²) >= 11 is 0. The zero-order valence-corrected chi connectivity index (χ0v) is 11.2. The number of rotatable bonds is 3. The molecule has 1 saturated heterocycles. The van der Waals surface area contributed by atoms with Crippen molar-refractivity contribution in [3.8, 4) is 0 Å². The number of nitrogens with two attached hydrogens (primary N) is 1. The number of benzene rings is 1. The number of likely N-dealkylation sites (tertiary alicyclic amines) is 1. The van der Waals surface area contributed by atoms with Gasteiger partial charge in [0.15, 0.2) is 0 Å². The Labute approximate surface area is 112 Å². The van der Waals surface area contributed by atoms with Crippen LogP contribution in [0.25, 0.3) is 0 Å². The van der Waals surface area contributed by atoms with E-state index in [1.807, 2.05) is 4.90 Å². The number of anilines is 2. The number of nitrogen functional groups attached to an aromatic ring is 1. The maximum atomic E-state index is 13.3. The number of carbonyl (C=O) groups excluding carboxylic acids is 1. The lowest BCUT2D eigenvalue weighted by atomic mass is 10.1. The molecule has 2 rings (SSSR count). The monoisotopic (exact) mass is 265 g/mol. The second-order valence-electron chi connectivity index (χ2n) is 4.95. The number of amides is 1. The number of piperidine rings is 1. The van der Waals surface area contributed by atoms with E-state index in [-0.39, 0.29) is 11.6 Å². The highest BCUT2D eigenvalue weighted by molar-refractivity contribution is 5.85. The molecule has 0 aromatic heterocycles. The SMILES string of the molecule is CC(Nc1cccc(F)c1N)C(=O)N1CCCCC1. The lowest BCUT2D eigenvalue weighted by molar-refractivity contribution is -0.132. The molecule has 3 N–H and O–H groups in total. The Morgan fingerprint density at radius 1 is 1.37 bits per heavy atom. The second-order valence-corrected chi connectivity index (χ2v) is 4.95. The van der Waals surface area contributed by atoms with E-state index >= 15 is 0 Å². The molecule has 0 aliphatic carbocycles. The van der Waals surface area contributed by atoms with Gasteiger partial charge in [0.05, 0.1) is 11.4 Å². The summed E-state index contributed by atoms with van der Waals surface area (Å²) in [6.45, 7) is 3.40. The molecule has 5 heteroatoms. The molecule has 1 aliphatic rings. The van der Waals surface area contributed by atoms with Gasteiger partial charge in [-0.2, -0.15) is 0 Å². The summed E-state index contributed by atoms with van der Waals surface area (Å²) in [7, 11) is 0. The van der Waals surface area contributed by atoms with Crippen molar-refractivity contribution in [2.75, 3.05) is 24.1 Å². The minimum atomic E-state index is -0.470. The Morgan fingerprint density at radius 2 is 2.05 bits per heavy atom. The largest absolute Gasteiger partial charge is 0.395 e. The fourth-order valence-corrected chi connectivity index (χ4v) is 2.35. The zero-order valence-electron chi connectivity index (χ0n) is 11.2. The third-order valence-corrected chi connectivity index (χ3v) is 3.46. The number of nitrogens with zero attached hydrogens (tertiary/aromatic N) is 1. The van der Waals surface area contributed by atoms with Crippen LogP contribution in [0.15, 0.2) is 18.2 Å². The number of para-hydroxylation sites is 1. The number of halogens is 1. The minimum absolute atomic E-state index is 0.0448. The first kappa shape index (κ1) is 13.6. The van der Waals surface area contributed by atoms with Crippen molar-refractivity contribution in [2.24, 2.45) is 0 Å². The predicted molar refractivity (Wildman–Crippen MR) is 74.3 cm³/mol. The van der Waals surface area contributed by atoms with Crippen molar-refractivity contribution in [3.63, 3.8) is 0 Å². The van der Waals surface area contributed by atoms with Gasteiger partial charge in [-0.25, -0.2) is 4.39 Å². The smallest absolute Gasteiger partial charge is 0.244 e. The Bertz CT molecular complexity index is 458. The zero-order chi connectivity index (χ0) is 13.8. The van der Waals surface area contributed by atoms with E-state index in [0.717, 1.165) is 25.9 Å². The Hall–Kier alpha value is -1.78. The van der Waals surface area contributed by atoms with Crippen LogP contribution >= 0.6 is 0 Å². The maximum Gasteiger partial charge on any atom is 0.244 e. The summed E-state index contributed by atoms with van der Waals surface area (Å²) in [6.07, 6.45) is 3.30. The van der Waals surface area contributed by atoms with Crippen LogP contribution in [0.3, 0.4) is 0 Å². The van der Waals surface area contributed by atoms with E-state index in [2.05, 4.69) is 5.32 Å². The molecule has 1 heterocycles. The molecule has 0 radical (unpaired) electrons. The van der Waals surface area contributed by atoms with Gasteiger partial charge in [0.25, 0.3) is 0 Å². The topological polar surface area (TPSA) is 58.4 Å². The summed E-state index contributed by atoms with van der Waals surface area (Å²) in [5.41, 5.74) is 6.17. The second kappa shape index (κ2) is 5.91. The van der Waals surface area contributed by atoms with Gasteiger partial charge in [0, 0.05) is 13.1 Å². The maximum absolute atomic E-state index is 13.3. The predicted octanol–water partition coefficient (Wildman–Crippen LogP) is 2.22. The molecule has 104 valence electrons. The van der Waals surface area contributed by atoms with Gasteiger partial charge in [-0.15, -0.1) is 0 Å². The Kier molecular flexibility index (Phi) is 4.24. The van der Waals surface area contributed by atoms with E-state index in [9.17, 15) is 9.18 Å². The molecule has 1 aromatic carbocycles. The van der Waals surface area contributed by atoms with Gasteiger partial charge in [-0.3, -0.25) is 4.79 Å². The average Bonchev–Trinajstić information content (AvgIpc) is 2.44. The third-order valence-electron chi connectivity index (χ3n) is 3.46. The van der Waals surface area contributed by atoms with Crippen LogP contribution in [0.5, 0.6) is 0 Å². The van der Waals surface area contributed by atoms with Crippen LogP contribution in [0.4, 0.5) is 15.8 Å². The van der Waals surface area contributed by atoms with Crippen molar-refractivity contribution in [2.45, 2.75) is 32.2 Å². The molecule has 0 saturated carbocycles. The fourth-order valence-electron chi connectivity index (χ4n) is 2.35. The molecule has 19 heavy (non-hydrogen) atoms. The summed E-state index contributed by atoms with van der Waals surface area (Å²) in [4.78, 5) is 14.1. The van der Waals surface area contributed by atoms with Gasteiger partial charge in [-0.05, 0) is 38.3 Å². The van der Waals surface area contributed by atoms with Crippen LogP contribution in [0.1, 0.15) is 26.2 Å². The van der Waals surface area contributed by atoms with Gasteiger partial charge >= 0.3 is 0 Å². The van der Waals surface area contributed by atoms with Crippen molar-refractivity contribution >= 4 is 17.3 Å². The van der Waals surface area contributed by atoms with Crippen molar-refractivity contribution < 1.29 is 9.18 Å². The fraction of sp³-hybridized carbons (Fsp3) is 0.500. The number of carbonyl (C=O) groups is 1. The molecule has 0 bridgehead atoms. The van der Waals surface area contributed by atoms with Crippen molar-refractivity contribution in [3.05, 3.63) is 24.0 Å². The number of hydrogen-bond donors (Lipinski definition) is 2. The first-order chi connectivity index (χ1) is 9.09. The van der Waals surface area contributed by atoms with Gasteiger partial charge < -0.3 is 16.0 Å². The first-order valence-electron chi connectivity index (χ1n) is 6.69. The molecular weight excluding hydrogens is 245 g/mol. The molecule has 0 spiro atoms. The molecule has 1 atom stereocenters. The van der Waals surface area contributed by atoms with E-state index in [1.165, 1.54) is 12.5 Å². The van der Waals surface area contributed by atoms with Crippen LogP contribution in [0, 0.1) is 5.82 Å². The average molecular weight is 265 g/mol. The van der Waals surface area contributed by atoms with Crippen LogP contribution in [0.2, 0.25) is 0 Å². The van der Waals surface area contributed by atoms with Crippen molar-refractivity contribution in [1.29, 1.82) is 0 Å². The lowest BCUT2D eigenvalue weighted by Gasteiger charge is -2.30. The van der Waals surface area contributed by atoms with Crippen LogP contribution in [-0.4, -0.2) is 29.9 Å². The first-order valence-corrected chi connectivity index (χ1v) is 6.69. The standard InChI is InChI=1S/C14H20FN3O/c1-10(14(19)18-8-3-2-4-9-18)17-12-7-5-6-11(15)13(12)16/h5-7,10,17H,2-4,8-9,16H2,1H3. The molecular formula is C14H20FN3O. The summed E-state index contributed by atoms with van der Waals surface area (Å²) in [5.74, 6) is -0.425. The normalized spacial score (nSPS) is 17.1. The van der Waals surface area contributed by atoms with Gasteiger partial charge in [-0.1, -0.05) is 6.07 Å².